The Morgan fingerprint density at radius 3 is 3.04 bits per heavy atom. The largest absolute Gasteiger partial charge is 0.497 e. The quantitative estimate of drug-likeness (QED) is 0.861. The van der Waals surface area contributed by atoms with Crippen molar-refractivity contribution in [1.29, 1.82) is 0 Å². The highest BCUT2D eigenvalue weighted by atomic mass is 16.6. The highest BCUT2D eigenvalue weighted by Crippen LogP contribution is 2.34. The minimum atomic E-state index is -0.255. The van der Waals surface area contributed by atoms with Crippen LogP contribution in [-0.4, -0.2) is 42.3 Å². The van der Waals surface area contributed by atoms with Crippen molar-refractivity contribution in [2.75, 3.05) is 25.2 Å². The summed E-state index contributed by atoms with van der Waals surface area (Å²) in [5.74, 6) is 0.793. The lowest BCUT2D eigenvalue weighted by Crippen LogP contribution is -2.40. The zero-order valence-electron chi connectivity index (χ0n) is 14.2. The van der Waals surface area contributed by atoms with E-state index in [1.807, 2.05) is 42.6 Å². The Bertz CT molecular complexity index is 766. The number of cyclic esters (lactones) is 1. The molecule has 1 unspecified atom stereocenters. The van der Waals surface area contributed by atoms with Crippen LogP contribution in [0.4, 0.5) is 10.5 Å². The number of carbonyl (C=O) groups excluding carboxylic acids is 1. The van der Waals surface area contributed by atoms with Crippen molar-refractivity contribution in [3.05, 3.63) is 53.9 Å². The first-order chi connectivity index (χ1) is 12.2. The molecule has 0 N–H and O–H groups in total. The van der Waals surface area contributed by atoms with Crippen molar-refractivity contribution in [2.24, 2.45) is 0 Å². The van der Waals surface area contributed by atoms with Crippen LogP contribution in [0.2, 0.25) is 0 Å². The van der Waals surface area contributed by atoms with Crippen molar-refractivity contribution in [3.8, 4) is 5.75 Å². The second-order valence-electron chi connectivity index (χ2n) is 6.42. The zero-order valence-corrected chi connectivity index (χ0v) is 14.2. The third-order valence-electron chi connectivity index (χ3n) is 4.79. The number of nitrogens with zero attached hydrogens (tertiary/aromatic N) is 3. The number of hydrogen-bond donors (Lipinski definition) is 0. The molecule has 1 aromatic heterocycles. The predicted molar refractivity (Wildman–Crippen MR) is 93.6 cm³/mol. The summed E-state index contributed by atoms with van der Waals surface area (Å²) in [6, 6.07) is 11.9. The van der Waals surface area contributed by atoms with Gasteiger partial charge in [0.25, 0.3) is 0 Å². The highest BCUT2D eigenvalue weighted by molar-refractivity contribution is 5.91. The third-order valence-corrected chi connectivity index (χ3v) is 4.79. The maximum Gasteiger partial charge on any atom is 0.414 e. The van der Waals surface area contributed by atoms with Crippen molar-refractivity contribution in [3.63, 3.8) is 0 Å². The molecule has 0 aliphatic carbocycles. The van der Waals surface area contributed by atoms with E-state index < -0.39 is 0 Å². The maximum atomic E-state index is 12.2. The Hall–Kier alpha value is -2.60. The van der Waals surface area contributed by atoms with Gasteiger partial charge in [-0.25, -0.2) is 4.79 Å². The lowest BCUT2D eigenvalue weighted by atomic mass is 10.0. The number of fused-ring (bicyclic) bond motifs is 3. The minimum absolute atomic E-state index is 0.0752. The summed E-state index contributed by atoms with van der Waals surface area (Å²) < 4.78 is 10.7. The van der Waals surface area contributed by atoms with Gasteiger partial charge >= 0.3 is 6.09 Å². The summed E-state index contributed by atoms with van der Waals surface area (Å²) in [7, 11) is 1.66. The molecule has 0 saturated carbocycles. The summed E-state index contributed by atoms with van der Waals surface area (Å²) in [5.41, 5.74) is 3.03. The second-order valence-corrected chi connectivity index (χ2v) is 6.42. The van der Waals surface area contributed by atoms with Gasteiger partial charge in [-0.15, -0.1) is 0 Å². The number of pyridine rings is 1. The second kappa shape index (κ2) is 6.72. The minimum Gasteiger partial charge on any atom is -0.497 e. The normalized spacial score (nSPS) is 20.3. The molecule has 2 aliphatic heterocycles. The van der Waals surface area contributed by atoms with Gasteiger partial charge in [0.1, 0.15) is 12.4 Å². The number of methoxy groups -OCH3 is 1. The standard InChI is InChI=1S/C19H21N3O3/c1-24-17-5-6-18-14(10-17)11-21(12-15-4-2-3-8-20-15)9-7-16-13-25-19(23)22(16)18/h2-6,8,10,16H,7,9,11-13H2,1H3. The van der Waals surface area contributed by atoms with Crippen LogP contribution in [0.3, 0.4) is 0 Å². The summed E-state index contributed by atoms with van der Waals surface area (Å²) >= 11 is 0. The van der Waals surface area contributed by atoms with Gasteiger partial charge in [0.15, 0.2) is 0 Å². The van der Waals surface area contributed by atoms with Crippen LogP contribution >= 0.6 is 0 Å². The van der Waals surface area contributed by atoms with E-state index in [2.05, 4.69) is 9.88 Å². The Labute approximate surface area is 147 Å². The number of amides is 1. The molecule has 0 spiro atoms. The van der Waals surface area contributed by atoms with E-state index in [1.165, 1.54) is 0 Å². The molecule has 1 aromatic carbocycles. The van der Waals surface area contributed by atoms with E-state index in [4.69, 9.17) is 9.47 Å². The number of aromatic nitrogens is 1. The molecule has 0 radical (unpaired) electrons. The van der Waals surface area contributed by atoms with Crippen molar-refractivity contribution in [2.45, 2.75) is 25.6 Å². The fraction of sp³-hybridized carbons (Fsp3) is 0.368. The fourth-order valence-corrected chi connectivity index (χ4v) is 3.53. The molecule has 2 aromatic rings. The Balaban J connectivity index is 1.67. The molecular weight excluding hydrogens is 318 g/mol. The number of rotatable bonds is 3. The molecule has 6 nitrogen and oxygen atoms in total. The summed E-state index contributed by atoms with van der Waals surface area (Å²) in [5, 5.41) is 0. The zero-order chi connectivity index (χ0) is 17.2. The smallest absolute Gasteiger partial charge is 0.414 e. The van der Waals surface area contributed by atoms with Gasteiger partial charge in [-0.1, -0.05) is 6.07 Å². The first kappa shape index (κ1) is 15.9. The Morgan fingerprint density at radius 1 is 1.32 bits per heavy atom. The first-order valence-electron chi connectivity index (χ1n) is 8.50. The Kier molecular flexibility index (Phi) is 4.28. The molecule has 1 amide bonds. The van der Waals surface area contributed by atoms with Gasteiger partial charge in [-0.05, 0) is 42.3 Å². The lowest BCUT2D eigenvalue weighted by Gasteiger charge is -2.32. The van der Waals surface area contributed by atoms with Crippen LogP contribution in [0.1, 0.15) is 17.7 Å². The number of hydrogen-bond acceptors (Lipinski definition) is 5. The summed E-state index contributed by atoms with van der Waals surface area (Å²) in [6.45, 7) is 2.84. The van der Waals surface area contributed by atoms with Gasteiger partial charge in [-0.3, -0.25) is 14.8 Å². The van der Waals surface area contributed by atoms with E-state index in [-0.39, 0.29) is 12.1 Å². The van der Waals surface area contributed by atoms with E-state index in [0.717, 1.165) is 48.7 Å². The topological polar surface area (TPSA) is 54.9 Å². The van der Waals surface area contributed by atoms with Gasteiger partial charge < -0.3 is 9.47 Å². The highest BCUT2D eigenvalue weighted by Gasteiger charge is 2.37. The van der Waals surface area contributed by atoms with Gasteiger partial charge in [0, 0.05) is 25.8 Å². The Morgan fingerprint density at radius 2 is 2.24 bits per heavy atom. The van der Waals surface area contributed by atoms with E-state index in [1.54, 1.807) is 12.0 Å². The van der Waals surface area contributed by atoms with Gasteiger partial charge in [0.2, 0.25) is 0 Å². The number of ether oxygens (including phenoxy) is 2. The van der Waals surface area contributed by atoms with Crippen LogP contribution in [0.25, 0.3) is 0 Å². The average molecular weight is 339 g/mol. The van der Waals surface area contributed by atoms with Crippen molar-refractivity contribution in [1.82, 2.24) is 9.88 Å². The molecular formula is C19H21N3O3. The molecule has 6 heteroatoms. The van der Waals surface area contributed by atoms with Crippen LogP contribution in [0.5, 0.6) is 5.75 Å². The monoisotopic (exact) mass is 339 g/mol. The molecule has 4 rings (SSSR count). The lowest BCUT2D eigenvalue weighted by molar-refractivity contribution is 0.177. The van der Waals surface area contributed by atoms with E-state index >= 15 is 0 Å². The van der Waals surface area contributed by atoms with Crippen LogP contribution < -0.4 is 9.64 Å². The fourth-order valence-electron chi connectivity index (χ4n) is 3.53. The van der Waals surface area contributed by atoms with Crippen LogP contribution in [0.15, 0.2) is 42.6 Å². The van der Waals surface area contributed by atoms with E-state index in [9.17, 15) is 4.79 Å². The molecule has 1 atom stereocenters. The van der Waals surface area contributed by atoms with Crippen LogP contribution in [-0.2, 0) is 17.8 Å². The van der Waals surface area contributed by atoms with E-state index in [0.29, 0.717) is 6.61 Å². The number of carbonyl (C=O) groups is 1. The first-order valence-corrected chi connectivity index (χ1v) is 8.50. The van der Waals surface area contributed by atoms with Gasteiger partial charge in [-0.2, -0.15) is 0 Å². The molecule has 1 fully saturated rings. The summed E-state index contributed by atoms with van der Waals surface area (Å²) in [4.78, 5) is 20.8. The number of anilines is 1. The number of benzene rings is 1. The van der Waals surface area contributed by atoms with Gasteiger partial charge in [0.05, 0.1) is 24.5 Å². The molecule has 130 valence electrons. The average Bonchev–Trinajstić information content (AvgIpc) is 2.99. The predicted octanol–water partition coefficient (Wildman–Crippen LogP) is 2.82. The molecule has 2 aliphatic rings. The third kappa shape index (κ3) is 3.17. The SMILES string of the molecule is COc1ccc2c(c1)CN(Cc1ccccn1)CCC1COC(=O)N21. The van der Waals surface area contributed by atoms with Crippen molar-refractivity contribution >= 4 is 11.8 Å². The van der Waals surface area contributed by atoms with Crippen molar-refractivity contribution < 1.29 is 14.3 Å². The van der Waals surface area contributed by atoms with Crippen LogP contribution in [0, 0.1) is 0 Å². The molecule has 1 saturated heterocycles. The molecule has 0 bridgehead atoms. The molecule has 3 heterocycles. The molecule has 25 heavy (non-hydrogen) atoms. The summed E-state index contributed by atoms with van der Waals surface area (Å²) in [6.07, 6.45) is 2.44. The maximum absolute atomic E-state index is 12.2.